The van der Waals surface area contributed by atoms with Gasteiger partial charge in [-0.25, -0.2) is 9.59 Å². The molecule has 1 aliphatic rings. The average molecular weight is 535 g/mol. The molecule has 1 heterocycles. The molecular formula is C26H32BF2NO8. The molecule has 1 fully saturated rings. The Bertz CT molecular complexity index is 1220. The molecule has 0 aliphatic carbocycles. The Morgan fingerprint density at radius 3 is 2.42 bits per heavy atom. The van der Waals surface area contributed by atoms with Crippen LogP contribution in [-0.4, -0.2) is 72.3 Å². The van der Waals surface area contributed by atoms with E-state index < -0.39 is 60.8 Å². The summed E-state index contributed by atoms with van der Waals surface area (Å²) in [5.74, 6) is -6.12. The number of esters is 1. The molecule has 2 atom stereocenters. The number of fused-ring (bicyclic) bond motifs is 1. The number of aliphatic hydroxyl groups excluding tert-OH is 1. The summed E-state index contributed by atoms with van der Waals surface area (Å²) in [6.45, 7) is 6.04. The summed E-state index contributed by atoms with van der Waals surface area (Å²) < 4.78 is 52.2. The number of ether oxygens (including phenoxy) is 3. The number of rotatable bonds is 8. The lowest BCUT2D eigenvalue weighted by atomic mass is 9.98. The number of aliphatic hydroxyl groups is 1. The number of allylic oxidation sites excluding steroid dienone is 1. The van der Waals surface area contributed by atoms with E-state index in [1.807, 2.05) is 0 Å². The van der Waals surface area contributed by atoms with Gasteiger partial charge in [0.05, 0.1) is 25.8 Å². The average Bonchev–Trinajstić information content (AvgIpc) is 3.19. The molecule has 2 N–H and O–H groups in total. The van der Waals surface area contributed by atoms with Crippen molar-refractivity contribution in [2.24, 2.45) is 0 Å². The Morgan fingerprint density at radius 1 is 1.21 bits per heavy atom. The number of carbonyl (C=O) groups excluding carboxylic acids is 2. The molecule has 1 amide bonds. The smallest absolute Gasteiger partial charge is 0.435 e. The van der Waals surface area contributed by atoms with E-state index in [0.29, 0.717) is 10.8 Å². The van der Waals surface area contributed by atoms with Crippen molar-refractivity contribution in [3.8, 4) is 5.75 Å². The first-order valence-corrected chi connectivity index (χ1v) is 12.0. The third-order valence-corrected chi connectivity index (χ3v) is 5.96. The highest BCUT2D eigenvalue weighted by molar-refractivity contribution is 6.15. The molecule has 0 unspecified atom stereocenters. The molecule has 0 spiro atoms. The zero-order chi connectivity index (χ0) is 28.3. The Kier molecular flexibility index (Phi) is 8.57. The number of carbonyl (C=O) groups is 2. The molecule has 1 aliphatic heterocycles. The summed E-state index contributed by atoms with van der Waals surface area (Å²) in [5.41, 5.74) is -2.75. The minimum atomic E-state index is -3.89. The standard InChI is InChI=1S/C26H32BF2NO8/c1-24(2,3)38-23(33)30-15-25(4,14-19(30)22(32)35-5)37-20-13-17-9-7-6-8-16(17)12-18(20)26(28,29)21(31)10-11-36-27-34/h6-10,12-13,19,27,31,34H,11,14-15H2,1-5H3/b21-10-/t19-,25+/m0/s1. The number of halogens is 2. The Hall–Kier alpha value is -3.38. The third kappa shape index (κ3) is 6.54. The Balaban J connectivity index is 2.04. The van der Waals surface area contributed by atoms with Crippen molar-refractivity contribution < 1.29 is 47.4 Å². The lowest BCUT2D eigenvalue weighted by molar-refractivity contribution is -0.145. The monoisotopic (exact) mass is 535 g/mol. The fraction of sp³-hybridized carbons (Fsp3) is 0.462. The van der Waals surface area contributed by atoms with Crippen molar-refractivity contribution >= 4 is 30.5 Å². The van der Waals surface area contributed by atoms with E-state index in [1.165, 1.54) is 24.1 Å². The van der Waals surface area contributed by atoms with Gasteiger partial charge in [-0.05, 0) is 56.7 Å². The molecule has 0 bridgehead atoms. The molecular weight excluding hydrogens is 503 g/mol. The fourth-order valence-corrected chi connectivity index (χ4v) is 4.26. The summed E-state index contributed by atoms with van der Waals surface area (Å²) in [5, 5.41) is 20.0. The maximum absolute atomic E-state index is 15.5. The largest absolute Gasteiger partial charge is 0.506 e. The third-order valence-electron chi connectivity index (χ3n) is 5.96. The van der Waals surface area contributed by atoms with E-state index >= 15 is 8.78 Å². The van der Waals surface area contributed by atoms with E-state index in [-0.39, 0.29) is 18.7 Å². The highest BCUT2D eigenvalue weighted by Crippen LogP contribution is 2.44. The number of hydrogen-bond donors (Lipinski definition) is 2. The van der Waals surface area contributed by atoms with Crippen LogP contribution in [0.3, 0.4) is 0 Å². The van der Waals surface area contributed by atoms with Crippen LogP contribution in [-0.2, 0) is 24.8 Å². The molecule has 1 saturated heterocycles. The molecule has 2 aromatic rings. The summed E-state index contributed by atoms with van der Waals surface area (Å²) in [6.07, 6.45) is -0.0684. The molecule has 0 radical (unpaired) electrons. The Morgan fingerprint density at radius 2 is 1.84 bits per heavy atom. The number of hydrogen-bond acceptors (Lipinski definition) is 8. The zero-order valence-corrected chi connectivity index (χ0v) is 22.0. The van der Waals surface area contributed by atoms with Crippen LogP contribution in [0.5, 0.6) is 5.75 Å². The first-order chi connectivity index (χ1) is 17.7. The minimum Gasteiger partial charge on any atom is -0.506 e. The highest BCUT2D eigenvalue weighted by atomic mass is 19.3. The van der Waals surface area contributed by atoms with Gasteiger partial charge < -0.3 is 29.0 Å². The normalized spacial score (nSPS) is 20.4. The number of nitrogens with zero attached hydrogens (tertiary/aromatic N) is 1. The number of amides is 1. The molecule has 38 heavy (non-hydrogen) atoms. The molecule has 0 saturated carbocycles. The van der Waals surface area contributed by atoms with Gasteiger partial charge in [-0.2, -0.15) is 8.78 Å². The van der Waals surface area contributed by atoms with E-state index in [0.717, 1.165) is 6.08 Å². The summed E-state index contributed by atoms with van der Waals surface area (Å²) >= 11 is 0. The fourth-order valence-electron chi connectivity index (χ4n) is 4.26. The summed E-state index contributed by atoms with van der Waals surface area (Å²) in [4.78, 5) is 26.6. The lowest BCUT2D eigenvalue weighted by Gasteiger charge is -2.30. The maximum Gasteiger partial charge on any atom is 0.435 e. The second-order valence-electron chi connectivity index (χ2n) is 10.3. The quantitative estimate of drug-likeness (QED) is 0.226. The van der Waals surface area contributed by atoms with Crippen molar-refractivity contribution in [1.29, 1.82) is 0 Å². The minimum absolute atomic E-state index is 0.0527. The highest BCUT2D eigenvalue weighted by Gasteiger charge is 2.51. The molecule has 12 heteroatoms. The van der Waals surface area contributed by atoms with Gasteiger partial charge in [0.1, 0.15) is 23.0 Å². The topological polar surface area (TPSA) is 115 Å². The van der Waals surface area contributed by atoms with E-state index in [2.05, 4.69) is 4.65 Å². The molecule has 2 aromatic carbocycles. The van der Waals surface area contributed by atoms with Gasteiger partial charge in [0.15, 0.2) is 5.76 Å². The van der Waals surface area contributed by atoms with Crippen LogP contribution in [0.1, 0.15) is 39.7 Å². The van der Waals surface area contributed by atoms with Crippen molar-refractivity contribution in [1.82, 2.24) is 4.90 Å². The van der Waals surface area contributed by atoms with Gasteiger partial charge in [0.2, 0.25) is 0 Å². The molecule has 0 aromatic heterocycles. The second kappa shape index (κ2) is 11.2. The van der Waals surface area contributed by atoms with Crippen LogP contribution >= 0.6 is 0 Å². The van der Waals surface area contributed by atoms with Gasteiger partial charge in [0, 0.05) is 6.42 Å². The number of alkyl halides is 2. The predicted molar refractivity (Wildman–Crippen MR) is 136 cm³/mol. The van der Waals surface area contributed by atoms with Crippen molar-refractivity contribution in [3.05, 3.63) is 53.8 Å². The van der Waals surface area contributed by atoms with Crippen LogP contribution in [0.4, 0.5) is 13.6 Å². The molecule has 9 nitrogen and oxygen atoms in total. The van der Waals surface area contributed by atoms with Gasteiger partial charge in [-0.1, -0.05) is 24.3 Å². The van der Waals surface area contributed by atoms with Gasteiger partial charge in [0.25, 0.3) is 0 Å². The zero-order valence-electron chi connectivity index (χ0n) is 22.0. The van der Waals surface area contributed by atoms with Crippen molar-refractivity contribution in [2.45, 2.75) is 57.3 Å². The summed E-state index contributed by atoms with van der Waals surface area (Å²) in [6, 6.07) is 8.36. The van der Waals surface area contributed by atoms with E-state index in [9.17, 15) is 14.7 Å². The summed E-state index contributed by atoms with van der Waals surface area (Å²) in [7, 11) is 0.483. The van der Waals surface area contributed by atoms with Gasteiger partial charge >= 0.3 is 25.7 Å². The first-order valence-electron chi connectivity index (χ1n) is 12.0. The van der Waals surface area contributed by atoms with Crippen LogP contribution in [0.15, 0.2) is 48.2 Å². The van der Waals surface area contributed by atoms with Crippen LogP contribution < -0.4 is 4.74 Å². The number of likely N-dealkylation sites (tertiary alicyclic amines) is 1. The van der Waals surface area contributed by atoms with Crippen molar-refractivity contribution in [2.75, 3.05) is 20.3 Å². The SMILES string of the molecule is COC(=O)[C@@H]1C[C@@](C)(Oc2cc3ccccc3cc2C(F)(F)/C(O)=C/COBO)CN1C(=O)OC(C)(C)C. The predicted octanol–water partition coefficient (Wildman–Crippen LogP) is 3.97. The van der Waals surface area contributed by atoms with Crippen LogP contribution in [0.25, 0.3) is 10.8 Å². The van der Waals surface area contributed by atoms with Gasteiger partial charge in [-0.3, -0.25) is 4.90 Å². The first kappa shape index (κ1) is 29.2. The molecule has 206 valence electrons. The van der Waals surface area contributed by atoms with E-state index in [1.54, 1.807) is 52.0 Å². The van der Waals surface area contributed by atoms with Crippen LogP contribution in [0, 0.1) is 0 Å². The Labute approximate surface area is 220 Å². The lowest BCUT2D eigenvalue weighted by Crippen LogP contribution is -2.44. The second-order valence-corrected chi connectivity index (χ2v) is 10.3. The van der Waals surface area contributed by atoms with E-state index in [4.69, 9.17) is 19.2 Å². The number of benzene rings is 2. The molecule has 3 rings (SSSR count). The van der Waals surface area contributed by atoms with Crippen LogP contribution in [0.2, 0.25) is 0 Å². The van der Waals surface area contributed by atoms with Crippen molar-refractivity contribution in [3.63, 3.8) is 0 Å². The van der Waals surface area contributed by atoms with Gasteiger partial charge in [-0.15, -0.1) is 0 Å². The number of methoxy groups -OCH3 is 1. The maximum atomic E-state index is 15.5.